The number of hydrogen-bond acceptors (Lipinski definition) is 5. The third kappa shape index (κ3) is 2.59. The predicted octanol–water partition coefficient (Wildman–Crippen LogP) is 3.87. The van der Waals surface area contributed by atoms with Crippen LogP contribution < -0.4 is 10.6 Å². The molecule has 6 heteroatoms. The van der Waals surface area contributed by atoms with Crippen molar-refractivity contribution in [2.75, 3.05) is 17.7 Å². The minimum absolute atomic E-state index is 0.602. The Morgan fingerprint density at radius 2 is 2.26 bits per heavy atom. The van der Waals surface area contributed by atoms with Gasteiger partial charge in [0.2, 0.25) is 0 Å². The second kappa shape index (κ2) is 4.86. The van der Waals surface area contributed by atoms with Gasteiger partial charge in [-0.2, -0.15) is 4.98 Å². The molecular formula is C13H12BrN3OS. The molecule has 0 unspecified atom stereocenters. The van der Waals surface area contributed by atoms with Crippen LogP contribution in [0.4, 0.5) is 11.7 Å². The number of nitrogen functional groups attached to an aromatic ring is 1. The predicted molar refractivity (Wildman–Crippen MR) is 82.5 cm³/mol. The van der Waals surface area contributed by atoms with Crippen molar-refractivity contribution in [3.05, 3.63) is 39.0 Å². The maximum atomic E-state index is 5.73. The Bertz CT molecular complexity index is 722. The Kier molecular flexibility index (Phi) is 3.20. The molecule has 1 aromatic carbocycles. The van der Waals surface area contributed by atoms with Gasteiger partial charge in [-0.05, 0) is 34.1 Å². The standard InChI is InChI=1S/C13H12BrN3OS/c1-17(6-10-4-8(14)7-19-10)13-16-11-3-2-9(15)5-12(11)18-13/h2-5,7H,6,15H2,1H3. The molecule has 19 heavy (non-hydrogen) atoms. The van der Waals surface area contributed by atoms with Crippen LogP contribution in [0.25, 0.3) is 11.1 Å². The van der Waals surface area contributed by atoms with Crippen molar-refractivity contribution in [1.29, 1.82) is 0 Å². The quantitative estimate of drug-likeness (QED) is 0.737. The molecule has 0 saturated heterocycles. The summed E-state index contributed by atoms with van der Waals surface area (Å²) in [6.07, 6.45) is 0. The van der Waals surface area contributed by atoms with E-state index < -0.39 is 0 Å². The number of benzene rings is 1. The summed E-state index contributed by atoms with van der Waals surface area (Å²) in [5, 5.41) is 2.07. The summed E-state index contributed by atoms with van der Waals surface area (Å²) in [5.74, 6) is 0. The van der Waals surface area contributed by atoms with E-state index in [1.807, 2.05) is 24.1 Å². The van der Waals surface area contributed by atoms with Crippen LogP contribution >= 0.6 is 27.3 Å². The lowest BCUT2D eigenvalue weighted by Crippen LogP contribution is -2.15. The lowest BCUT2D eigenvalue weighted by molar-refractivity contribution is 0.583. The molecule has 0 bridgehead atoms. The zero-order chi connectivity index (χ0) is 13.4. The molecule has 0 aliphatic rings. The molecule has 0 atom stereocenters. The Hall–Kier alpha value is -1.53. The number of halogens is 1. The molecule has 2 heterocycles. The molecule has 0 aliphatic heterocycles. The van der Waals surface area contributed by atoms with Crippen LogP contribution in [-0.4, -0.2) is 12.0 Å². The topological polar surface area (TPSA) is 55.3 Å². The summed E-state index contributed by atoms with van der Waals surface area (Å²) < 4.78 is 6.82. The molecule has 0 aliphatic carbocycles. The fourth-order valence-corrected chi connectivity index (χ4v) is 3.33. The van der Waals surface area contributed by atoms with Crippen molar-refractivity contribution in [3.63, 3.8) is 0 Å². The molecule has 3 aromatic rings. The van der Waals surface area contributed by atoms with Crippen molar-refractivity contribution < 1.29 is 4.42 Å². The number of fused-ring (bicyclic) bond motifs is 1. The zero-order valence-corrected chi connectivity index (χ0v) is 12.7. The number of nitrogens with two attached hydrogens (primary N) is 1. The number of rotatable bonds is 3. The van der Waals surface area contributed by atoms with Crippen LogP contribution in [0.3, 0.4) is 0 Å². The van der Waals surface area contributed by atoms with E-state index in [0.29, 0.717) is 17.3 Å². The van der Waals surface area contributed by atoms with Gasteiger partial charge in [0.1, 0.15) is 5.52 Å². The van der Waals surface area contributed by atoms with Gasteiger partial charge < -0.3 is 15.1 Å². The number of thiophene rings is 1. The molecule has 2 N–H and O–H groups in total. The molecule has 0 radical (unpaired) electrons. The first-order chi connectivity index (χ1) is 9.11. The molecule has 3 rings (SSSR count). The van der Waals surface area contributed by atoms with Gasteiger partial charge in [-0.25, -0.2) is 0 Å². The number of hydrogen-bond donors (Lipinski definition) is 1. The normalized spacial score (nSPS) is 11.1. The molecule has 0 saturated carbocycles. The van der Waals surface area contributed by atoms with Gasteiger partial charge in [0.15, 0.2) is 5.58 Å². The fourth-order valence-electron chi connectivity index (χ4n) is 1.83. The van der Waals surface area contributed by atoms with Gasteiger partial charge in [0.05, 0.1) is 6.54 Å². The second-order valence-electron chi connectivity index (χ2n) is 4.31. The monoisotopic (exact) mass is 337 g/mol. The number of oxazole rings is 1. The van der Waals surface area contributed by atoms with Gasteiger partial charge in [-0.3, -0.25) is 0 Å². The van der Waals surface area contributed by atoms with E-state index in [4.69, 9.17) is 10.2 Å². The highest BCUT2D eigenvalue weighted by atomic mass is 79.9. The van der Waals surface area contributed by atoms with Gasteiger partial charge in [-0.15, -0.1) is 11.3 Å². The highest BCUT2D eigenvalue weighted by Crippen LogP contribution is 2.26. The minimum Gasteiger partial charge on any atom is -0.423 e. The van der Waals surface area contributed by atoms with E-state index in [9.17, 15) is 0 Å². The van der Waals surface area contributed by atoms with Crippen LogP contribution in [-0.2, 0) is 6.54 Å². The average Bonchev–Trinajstić information content (AvgIpc) is 2.95. The summed E-state index contributed by atoms with van der Waals surface area (Å²) in [7, 11) is 1.96. The Labute approximate surface area is 123 Å². The molecule has 0 fully saturated rings. The first kappa shape index (κ1) is 12.5. The second-order valence-corrected chi connectivity index (χ2v) is 6.22. The molecule has 4 nitrogen and oxygen atoms in total. The summed E-state index contributed by atoms with van der Waals surface area (Å²) in [4.78, 5) is 7.68. The fraction of sp³-hybridized carbons (Fsp3) is 0.154. The van der Waals surface area contributed by atoms with Crippen LogP contribution in [0, 0.1) is 0 Å². The van der Waals surface area contributed by atoms with Crippen molar-refractivity contribution in [3.8, 4) is 0 Å². The maximum Gasteiger partial charge on any atom is 0.298 e. The number of nitrogens with zero attached hydrogens (tertiary/aromatic N) is 2. The van der Waals surface area contributed by atoms with E-state index in [1.165, 1.54) is 4.88 Å². The van der Waals surface area contributed by atoms with Crippen molar-refractivity contribution in [1.82, 2.24) is 4.98 Å². The summed E-state index contributed by atoms with van der Waals surface area (Å²) in [6.45, 7) is 0.762. The molecular weight excluding hydrogens is 326 g/mol. The first-order valence-electron chi connectivity index (χ1n) is 5.72. The summed E-state index contributed by atoms with van der Waals surface area (Å²) in [6, 6.07) is 8.19. The van der Waals surface area contributed by atoms with E-state index >= 15 is 0 Å². The maximum absolute atomic E-state index is 5.73. The van der Waals surface area contributed by atoms with Gasteiger partial charge in [-0.1, -0.05) is 0 Å². The Morgan fingerprint density at radius 1 is 1.42 bits per heavy atom. The average molecular weight is 338 g/mol. The van der Waals surface area contributed by atoms with Crippen molar-refractivity contribution >= 4 is 50.1 Å². The van der Waals surface area contributed by atoms with Crippen LogP contribution in [0.5, 0.6) is 0 Å². The highest BCUT2D eigenvalue weighted by Gasteiger charge is 2.11. The smallest absolute Gasteiger partial charge is 0.298 e. The molecule has 98 valence electrons. The Morgan fingerprint density at radius 3 is 3.00 bits per heavy atom. The zero-order valence-electron chi connectivity index (χ0n) is 10.3. The van der Waals surface area contributed by atoms with E-state index in [-0.39, 0.29) is 0 Å². The van der Waals surface area contributed by atoms with E-state index in [0.717, 1.165) is 16.5 Å². The summed E-state index contributed by atoms with van der Waals surface area (Å²) in [5.41, 5.74) is 7.95. The van der Waals surface area contributed by atoms with Gasteiger partial charge >= 0.3 is 0 Å². The highest BCUT2D eigenvalue weighted by molar-refractivity contribution is 9.10. The van der Waals surface area contributed by atoms with Crippen LogP contribution in [0.15, 0.2) is 38.5 Å². The largest absolute Gasteiger partial charge is 0.423 e. The molecule has 0 amide bonds. The minimum atomic E-state index is 0.602. The molecule has 0 spiro atoms. The first-order valence-corrected chi connectivity index (χ1v) is 7.39. The third-order valence-electron chi connectivity index (χ3n) is 2.74. The van der Waals surface area contributed by atoms with Crippen LogP contribution in [0.2, 0.25) is 0 Å². The number of aromatic nitrogens is 1. The lowest BCUT2D eigenvalue weighted by atomic mass is 10.3. The van der Waals surface area contributed by atoms with E-state index in [2.05, 4.69) is 32.4 Å². The van der Waals surface area contributed by atoms with E-state index in [1.54, 1.807) is 17.4 Å². The summed E-state index contributed by atoms with van der Waals surface area (Å²) >= 11 is 5.16. The lowest BCUT2D eigenvalue weighted by Gasteiger charge is -2.12. The van der Waals surface area contributed by atoms with Crippen LogP contribution in [0.1, 0.15) is 4.88 Å². The third-order valence-corrected chi connectivity index (χ3v) is 4.42. The molecule has 2 aromatic heterocycles. The van der Waals surface area contributed by atoms with Gasteiger partial charge in [0.25, 0.3) is 6.01 Å². The Balaban J connectivity index is 1.86. The van der Waals surface area contributed by atoms with Crippen molar-refractivity contribution in [2.24, 2.45) is 0 Å². The van der Waals surface area contributed by atoms with Gasteiger partial charge in [0, 0.05) is 33.5 Å². The number of anilines is 2. The SMILES string of the molecule is CN(Cc1cc(Br)cs1)c1nc2ccc(N)cc2o1. The van der Waals surface area contributed by atoms with Crippen molar-refractivity contribution in [2.45, 2.75) is 6.54 Å².